The number of aromatic amines is 1. The van der Waals surface area contributed by atoms with Crippen LogP contribution in [-0.2, 0) is 6.42 Å². The van der Waals surface area contributed by atoms with E-state index >= 15 is 0 Å². The Morgan fingerprint density at radius 2 is 2.11 bits per heavy atom. The Hall–Kier alpha value is -2.30. The van der Waals surface area contributed by atoms with Crippen LogP contribution >= 0.6 is 0 Å². The van der Waals surface area contributed by atoms with E-state index in [4.69, 9.17) is 5.73 Å². The fourth-order valence-electron chi connectivity index (χ4n) is 1.70. The first-order valence-corrected chi connectivity index (χ1v) is 5.88. The minimum absolute atomic E-state index is 0.210. The fourth-order valence-corrected chi connectivity index (χ4v) is 1.70. The van der Waals surface area contributed by atoms with Crippen LogP contribution in [0.5, 0.6) is 0 Å². The molecule has 2 rings (SSSR count). The van der Waals surface area contributed by atoms with Crippen LogP contribution in [0.3, 0.4) is 0 Å². The molecule has 0 saturated carbocycles. The van der Waals surface area contributed by atoms with Gasteiger partial charge in [0, 0.05) is 6.54 Å². The Labute approximate surface area is 105 Å². The minimum atomic E-state index is -0.210. The van der Waals surface area contributed by atoms with Crippen molar-refractivity contribution in [2.24, 2.45) is 0 Å². The first-order valence-electron chi connectivity index (χ1n) is 5.88. The maximum Gasteiger partial charge on any atom is 0.271 e. The first-order chi connectivity index (χ1) is 8.77. The number of H-pyrrole nitrogens is 1. The smallest absolute Gasteiger partial charge is 0.271 e. The number of carbonyl (C=O) groups is 1. The number of nitrogens with one attached hydrogen (secondary N) is 2. The van der Waals surface area contributed by atoms with E-state index in [1.165, 1.54) is 11.8 Å². The van der Waals surface area contributed by atoms with Gasteiger partial charge in [-0.3, -0.25) is 9.89 Å². The molecule has 5 nitrogen and oxygen atoms in total. The molecule has 5 heteroatoms. The molecule has 0 spiro atoms. The summed E-state index contributed by atoms with van der Waals surface area (Å²) in [5.41, 5.74) is 7.55. The van der Waals surface area contributed by atoms with Gasteiger partial charge in [-0.2, -0.15) is 5.10 Å². The number of rotatable bonds is 5. The highest BCUT2D eigenvalue weighted by atomic mass is 16.1. The molecule has 94 valence electrons. The SMILES string of the molecule is Nc1cn[nH]c1C(=O)NCCCc1ccccc1. The van der Waals surface area contributed by atoms with Crippen molar-refractivity contribution < 1.29 is 4.79 Å². The number of nitrogens with zero attached hydrogens (tertiary/aromatic N) is 1. The average molecular weight is 244 g/mol. The second-order valence-electron chi connectivity index (χ2n) is 4.05. The molecule has 0 bridgehead atoms. The predicted molar refractivity (Wildman–Crippen MR) is 70.1 cm³/mol. The molecular weight excluding hydrogens is 228 g/mol. The Bertz CT molecular complexity index is 507. The van der Waals surface area contributed by atoms with E-state index in [9.17, 15) is 4.79 Å². The van der Waals surface area contributed by atoms with Gasteiger partial charge in [0.05, 0.1) is 11.9 Å². The molecular formula is C13H16N4O. The predicted octanol–water partition coefficient (Wildman–Crippen LogP) is 1.35. The van der Waals surface area contributed by atoms with Gasteiger partial charge in [0.25, 0.3) is 5.91 Å². The van der Waals surface area contributed by atoms with E-state index in [1.807, 2.05) is 18.2 Å². The van der Waals surface area contributed by atoms with Crippen molar-refractivity contribution in [3.8, 4) is 0 Å². The number of benzene rings is 1. The van der Waals surface area contributed by atoms with Gasteiger partial charge in [0.1, 0.15) is 5.69 Å². The number of hydrogen-bond donors (Lipinski definition) is 3. The van der Waals surface area contributed by atoms with Crippen LogP contribution in [0.1, 0.15) is 22.5 Å². The van der Waals surface area contributed by atoms with E-state index in [-0.39, 0.29) is 5.91 Å². The standard InChI is InChI=1S/C13H16N4O/c14-11-9-16-17-12(11)13(18)15-8-4-7-10-5-2-1-3-6-10/h1-3,5-6,9H,4,7-8,14H2,(H,15,18)(H,16,17). The van der Waals surface area contributed by atoms with Crippen LogP contribution in [-0.4, -0.2) is 22.6 Å². The molecule has 1 heterocycles. The highest BCUT2D eigenvalue weighted by molar-refractivity contribution is 5.96. The van der Waals surface area contributed by atoms with E-state index in [2.05, 4.69) is 27.6 Å². The number of nitrogens with two attached hydrogens (primary N) is 1. The Kier molecular flexibility index (Phi) is 3.96. The molecule has 0 saturated heterocycles. The third-order valence-corrected chi connectivity index (χ3v) is 2.67. The summed E-state index contributed by atoms with van der Waals surface area (Å²) in [7, 11) is 0. The Morgan fingerprint density at radius 3 is 2.78 bits per heavy atom. The molecule has 0 aliphatic heterocycles. The largest absolute Gasteiger partial charge is 0.396 e. The summed E-state index contributed by atoms with van der Waals surface area (Å²) in [6.45, 7) is 0.617. The Balaban J connectivity index is 1.73. The Morgan fingerprint density at radius 1 is 1.33 bits per heavy atom. The summed E-state index contributed by atoms with van der Waals surface area (Å²) < 4.78 is 0. The summed E-state index contributed by atoms with van der Waals surface area (Å²) in [6.07, 6.45) is 3.27. The number of nitrogen functional groups attached to an aromatic ring is 1. The summed E-state index contributed by atoms with van der Waals surface area (Å²) in [4.78, 5) is 11.7. The van der Waals surface area contributed by atoms with Gasteiger partial charge in [-0.05, 0) is 18.4 Å². The van der Waals surface area contributed by atoms with Gasteiger partial charge in [-0.1, -0.05) is 30.3 Å². The third kappa shape index (κ3) is 3.10. The molecule has 4 N–H and O–H groups in total. The van der Waals surface area contributed by atoms with E-state index < -0.39 is 0 Å². The number of aryl methyl sites for hydroxylation is 1. The monoisotopic (exact) mass is 244 g/mol. The van der Waals surface area contributed by atoms with E-state index in [0.717, 1.165) is 12.8 Å². The molecule has 0 unspecified atom stereocenters. The van der Waals surface area contributed by atoms with E-state index in [1.54, 1.807) is 0 Å². The van der Waals surface area contributed by atoms with Crippen molar-refractivity contribution >= 4 is 11.6 Å². The zero-order valence-electron chi connectivity index (χ0n) is 10.0. The first kappa shape index (κ1) is 12.2. The van der Waals surface area contributed by atoms with Crippen molar-refractivity contribution in [1.82, 2.24) is 15.5 Å². The molecule has 1 amide bonds. The molecule has 2 aromatic rings. The van der Waals surface area contributed by atoms with Gasteiger partial charge < -0.3 is 11.1 Å². The lowest BCUT2D eigenvalue weighted by Crippen LogP contribution is -2.25. The third-order valence-electron chi connectivity index (χ3n) is 2.67. The second kappa shape index (κ2) is 5.86. The van der Waals surface area contributed by atoms with Gasteiger partial charge in [-0.15, -0.1) is 0 Å². The number of carbonyl (C=O) groups excluding carboxylic acids is 1. The van der Waals surface area contributed by atoms with Crippen LogP contribution in [0.15, 0.2) is 36.5 Å². The normalized spacial score (nSPS) is 10.2. The lowest BCUT2D eigenvalue weighted by atomic mass is 10.1. The summed E-state index contributed by atoms with van der Waals surface area (Å²) in [6, 6.07) is 10.2. The quantitative estimate of drug-likeness (QED) is 0.694. The second-order valence-corrected chi connectivity index (χ2v) is 4.05. The number of hydrogen-bond acceptors (Lipinski definition) is 3. The summed E-state index contributed by atoms with van der Waals surface area (Å²) in [5, 5.41) is 9.09. The van der Waals surface area contributed by atoms with Crippen molar-refractivity contribution in [3.05, 3.63) is 47.8 Å². The van der Waals surface area contributed by atoms with Crippen LogP contribution in [0, 0.1) is 0 Å². The van der Waals surface area contributed by atoms with Gasteiger partial charge >= 0.3 is 0 Å². The van der Waals surface area contributed by atoms with Crippen LogP contribution < -0.4 is 11.1 Å². The molecule has 0 aliphatic rings. The zero-order valence-corrected chi connectivity index (χ0v) is 10.0. The number of anilines is 1. The number of aromatic nitrogens is 2. The summed E-state index contributed by atoms with van der Waals surface area (Å²) >= 11 is 0. The van der Waals surface area contributed by atoms with Crippen molar-refractivity contribution in [3.63, 3.8) is 0 Å². The molecule has 0 fully saturated rings. The maximum absolute atomic E-state index is 11.7. The molecule has 0 radical (unpaired) electrons. The highest BCUT2D eigenvalue weighted by Crippen LogP contribution is 2.05. The minimum Gasteiger partial charge on any atom is -0.396 e. The lowest BCUT2D eigenvalue weighted by Gasteiger charge is -2.04. The molecule has 0 aliphatic carbocycles. The summed E-state index contributed by atoms with van der Waals surface area (Å²) in [5.74, 6) is -0.210. The number of amides is 1. The molecule has 0 atom stereocenters. The zero-order chi connectivity index (χ0) is 12.8. The van der Waals surface area contributed by atoms with Crippen LogP contribution in [0.25, 0.3) is 0 Å². The van der Waals surface area contributed by atoms with Gasteiger partial charge in [0.2, 0.25) is 0 Å². The van der Waals surface area contributed by atoms with Crippen molar-refractivity contribution in [1.29, 1.82) is 0 Å². The van der Waals surface area contributed by atoms with Gasteiger partial charge in [0.15, 0.2) is 0 Å². The molecule has 1 aromatic heterocycles. The lowest BCUT2D eigenvalue weighted by molar-refractivity contribution is 0.0949. The van der Waals surface area contributed by atoms with Crippen LogP contribution in [0.2, 0.25) is 0 Å². The highest BCUT2D eigenvalue weighted by Gasteiger charge is 2.10. The average Bonchev–Trinajstić information content (AvgIpc) is 2.82. The van der Waals surface area contributed by atoms with Crippen molar-refractivity contribution in [2.75, 3.05) is 12.3 Å². The molecule has 18 heavy (non-hydrogen) atoms. The maximum atomic E-state index is 11.7. The van der Waals surface area contributed by atoms with E-state index in [0.29, 0.717) is 17.9 Å². The fraction of sp³-hybridized carbons (Fsp3) is 0.231. The molecule has 1 aromatic carbocycles. The van der Waals surface area contributed by atoms with Gasteiger partial charge in [-0.25, -0.2) is 0 Å². The topological polar surface area (TPSA) is 83.8 Å². The van der Waals surface area contributed by atoms with Crippen molar-refractivity contribution in [2.45, 2.75) is 12.8 Å². The van der Waals surface area contributed by atoms with Crippen LogP contribution in [0.4, 0.5) is 5.69 Å².